The Balaban J connectivity index is 2.24. The topological polar surface area (TPSA) is 86.8 Å². The number of hydrogen-bond acceptors (Lipinski definition) is 4. The summed E-state index contributed by atoms with van der Waals surface area (Å²) in [4.78, 5) is 27.5. The van der Waals surface area contributed by atoms with Crippen LogP contribution in [-0.4, -0.2) is 55.6 Å². The van der Waals surface area contributed by atoms with E-state index in [-0.39, 0.29) is 23.9 Å². The van der Waals surface area contributed by atoms with Crippen LogP contribution in [0.4, 0.5) is 0 Å². The Morgan fingerprint density at radius 3 is 2.39 bits per heavy atom. The molecular formula is C24H32BrN3O4S. The minimum atomic E-state index is -3.85. The Morgan fingerprint density at radius 2 is 1.79 bits per heavy atom. The van der Waals surface area contributed by atoms with Crippen LogP contribution in [0.1, 0.15) is 37.8 Å². The molecule has 180 valence electrons. The summed E-state index contributed by atoms with van der Waals surface area (Å²) in [6.45, 7) is 5.89. The molecule has 2 aromatic carbocycles. The number of carbonyl (C=O) groups is 2. The predicted octanol–water partition coefficient (Wildman–Crippen LogP) is 3.71. The van der Waals surface area contributed by atoms with E-state index in [9.17, 15) is 18.0 Å². The second-order valence-corrected chi connectivity index (χ2v) is 11.0. The van der Waals surface area contributed by atoms with Gasteiger partial charge in [0.1, 0.15) is 6.04 Å². The van der Waals surface area contributed by atoms with Crippen molar-refractivity contribution in [3.05, 3.63) is 64.1 Å². The van der Waals surface area contributed by atoms with Crippen LogP contribution in [0.5, 0.6) is 0 Å². The van der Waals surface area contributed by atoms with Crippen molar-refractivity contribution in [2.45, 2.75) is 51.1 Å². The van der Waals surface area contributed by atoms with E-state index >= 15 is 0 Å². The number of amides is 2. The van der Waals surface area contributed by atoms with Gasteiger partial charge in [0, 0.05) is 24.6 Å². The van der Waals surface area contributed by atoms with Crippen LogP contribution in [0, 0.1) is 6.92 Å². The van der Waals surface area contributed by atoms with E-state index in [0.29, 0.717) is 6.54 Å². The van der Waals surface area contributed by atoms with E-state index in [2.05, 4.69) is 21.2 Å². The van der Waals surface area contributed by atoms with Crippen molar-refractivity contribution in [2.24, 2.45) is 0 Å². The number of halogens is 1. The van der Waals surface area contributed by atoms with Crippen LogP contribution in [0.25, 0.3) is 0 Å². The zero-order chi connectivity index (χ0) is 24.6. The number of unbranched alkanes of at least 4 members (excludes halogenated alkanes) is 1. The van der Waals surface area contributed by atoms with Crippen molar-refractivity contribution in [3.8, 4) is 0 Å². The van der Waals surface area contributed by atoms with Crippen molar-refractivity contribution in [3.63, 3.8) is 0 Å². The van der Waals surface area contributed by atoms with Gasteiger partial charge in [-0.05, 0) is 50.1 Å². The van der Waals surface area contributed by atoms with Crippen molar-refractivity contribution in [1.82, 2.24) is 14.5 Å². The van der Waals surface area contributed by atoms with Crippen LogP contribution in [0.3, 0.4) is 0 Å². The molecule has 0 bridgehead atoms. The lowest BCUT2D eigenvalue weighted by Crippen LogP contribution is -2.50. The number of benzene rings is 2. The molecule has 1 unspecified atom stereocenters. The molecule has 1 atom stereocenters. The highest BCUT2D eigenvalue weighted by atomic mass is 79.9. The molecule has 9 heteroatoms. The fourth-order valence-corrected chi connectivity index (χ4v) is 4.77. The molecule has 0 saturated heterocycles. The molecule has 33 heavy (non-hydrogen) atoms. The van der Waals surface area contributed by atoms with Crippen molar-refractivity contribution in [2.75, 3.05) is 20.1 Å². The number of likely N-dealkylation sites (N-methyl/N-ethyl adjacent to an activating group) is 1. The second-order valence-electron chi connectivity index (χ2n) is 8.05. The average Bonchev–Trinajstić information content (AvgIpc) is 2.77. The van der Waals surface area contributed by atoms with Gasteiger partial charge in [0.2, 0.25) is 21.8 Å². The smallest absolute Gasteiger partial charge is 0.243 e. The van der Waals surface area contributed by atoms with Crippen molar-refractivity contribution < 1.29 is 18.0 Å². The van der Waals surface area contributed by atoms with Crippen LogP contribution >= 0.6 is 15.9 Å². The largest absolute Gasteiger partial charge is 0.354 e. The van der Waals surface area contributed by atoms with E-state index in [4.69, 9.17) is 0 Å². The Kier molecular flexibility index (Phi) is 10.1. The van der Waals surface area contributed by atoms with Crippen LogP contribution in [-0.2, 0) is 26.2 Å². The minimum Gasteiger partial charge on any atom is -0.354 e. The Hall–Kier alpha value is -2.23. The summed E-state index contributed by atoms with van der Waals surface area (Å²) in [5.74, 6) is -0.720. The lowest BCUT2D eigenvalue weighted by Gasteiger charge is -2.30. The zero-order valence-electron chi connectivity index (χ0n) is 19.5. The first-order valence-corrected chi connectivity index (χ1v) is 13.1. The molecule has 0 spiro atoms. The Morgan fingerprint density at radius 1 is 1.12 bits per heavy atom. The number of aryl methyl sites for hydroxylation is 1. The second kappa shape index (κ2) is 12.3. The molecular weight excluding hydrogens is 506 g/mol. The van der Waals surface area contributed by atoms with Gasteiger partial charge < -0.3 is 10.2 Å². The Bertz CT molecular complexity index is 1060. The zero-order valence-corrected chi connectivity index (χ0v) is 21.9. The van der Waals surface area contributed by atoms with Gasteiger partial charge in [-0.25, -0.2) is 8.42 Å². The van der Waals surface area contributed by atoms with E-state index < -0.39 is 22.0 Å². The molecule has 0 saturated carbocycles. The molecule has 0 aromatic heterocycles. The quantitative estimate of drug-likeness (QED) is 0.442. The molecule has 0 radical (unpaired) electrons. The standard InChI is InChI=1S/C24H32BrN3O4S/c1-5-6-14-26-24(30)19(3)28(16-20-8-7-9-21(25)15-20)23(29)17-27(4)33(31,32)22-12-10-18(2)11-13-22/h7-13,15,19H,5-6,14,16-17H2,1-4H3,(H,26,30). The van der Waals surface area contributed by atoms with Gasteiger partial charge in [0.15, 0.2) is 0 Å². The molecule has 2 amide bonds. The van der Waals surface area contributed by atoms with Crippen LogP contribution < -0.4 is 5.32 Å². The third-order valence-corrected chi connectivity index (χ3v) is 7.64. The van der Waals surface area contributed by atoms with Gasteiger partial charge in [-0.15, -0.1) is 0 Å². The minimum absolute atomic E-state index is 0.118. The number of sulfonamides is 1. The Labute approximate surface area is 205 Å². The third-order valence-electron chi connectivity index (χ3n) is 5.33. The number of nitrogens with zero attached hydrogens (tertiary/aromatic N) is 2. The van der Waals surface area contributed by atoms with Gasteiger partial charge in [-0.3, -0.25) is 9.59 Å². The van der Waals surface area contributed by atoms with E-state index in [1.165, 1.54) is 24.1 Å². The number of hydrogen-bond donors (Lipinski definition) is 1. The van der Waals surface area contributed by atoms with Gasteiger partial charge in [0.25, 0.3) is 0 Å². The molecule has 1 N–H and O–H groups in total. The molecule has 0 fully saturated rings. The molecule has 0 aliphatic heterocycles. The third kappa shape index (κ3) is 7.65. The normalized spacial score (nSPS) is 12.4. The van der Waals surface area contributed by atoms with E-state index in [0.717, 1.165) is 32.7 Å². The summed E-state index contributed by atoms with van der Waals surface area (Å²) in [6, 6.07) is 13.2. The first kappa shape index (κ1) is 27.0. The van der Waals surface area contributed by atoms with E-state index in [1.807, 2.05) is 38.1 Å². The summed E-state index contributed by atoms with van der Waals surface area (Å²) in [6.07, 6.45) is 1.78. The van der Waals surface area contributed by atoms with Crippen molar-refractivity contribution in [1.29, 1.82) is 0 Å². The monoisotopic (exact) mass is 537 g/mol. The SMILES string of the molecule is CCCCNC(=O)C(C)N(Cc1cccc(Br)c1)C(=O)CN(C)S(=O)(=O)c1ccc(C)cc1. The molecule has 0 heterocycles. The van der Waals surface area contributed by atoms with Crippen LogP contribution in [0.2, 0.25) is 0 Å². The summed E-state index contributed by atoms with van der Waals surface area (Å²) in [7, 11) is -2.48. The summed E-state index contributed by atoms with van der Waals surface area (Å²) >= 11 is 3.42. The number of nitrogens with one attached hydrogen (secondary N) is 1. The first-order valence-electron chi connectivity index (χ1n) is 10.9. The average molecular weight is 539 g/mol. The molecule has 2 rings (SSSR count). The number of rotatable bonds is 11. The highest BCUT2D eigenvalue weighted by Gasteiger charge is 2.30. The summed E-state index contributed by atoms with van der Waals surface area (Å²) in [5, 5.41) is 2.86. The van der Waals surface area contributed by atoms with Gasteiger partial charge >= 0.3 is 0 Å². The molecule has 0 aliphatic rings. The van der Waals surface area contributed by atoms with E-state index in [1.54, 1.807) is 19.1 Å². The van der Waals surface area contributed by atoms with Crippen molar-refractivity contribution >= 4 is 37.8 Å². The highest BCUT2D eigenvalue weighted by molar-refractivity contribution is 9.10. The summed E-state index contributed by atoms with van der Waals surface area (Å²) < 4.78 is 27.8. The maximum absolute atomic E-state index is 13.3. The van der Waals surface area contributed by atoms with Gasteiger partial charge in [-0.2, -0.15) is 4.31 Å². The lowest BCUT2D eigenvalue weighted by molar-refractivity contribution is -0.140. The highest BCUT2D eigenvalue weighted by Crippen LogP contribution is 2.18. The predicted molar refractivity (Wildman–Crippen MR) is 133 cm³/mol. The van der Waals surface area contributed by atoms with Gasteiger partial charge in [-0.1, -0.05) is 59.1 Å². The molecule has 2 aromatic rings. The molecule has 0 aliphatic carbocycles. The lowest BCUT2D eigenvalue weighted by atomic mass is 10.1. The van der Waals surface area contributed by atoms with Gasteiger partial charge in [0.05, 0.1) is 11.4 Å². The number of carbonyl (C=O) groups excluding carboxylic acids is 2. The van der Waals surface area contributed by atoms with Crippen LogP contribution in [0.15, 0.2) is 57.9 Å². The first-order chi connectivity index (χ1) is 15.6. The maximum Gasteiger partial charge on any atom is 0.243 e. The summed E-state index contributed by atoms with van der Waals surface area (Å²) in [5.41, 5.74) is 1.77. The molecule has 7 nitrogen and oxygen atoms in total. The maximum atomic E-state index is 13.3. The fourth-order valence-electron chi connectivity index (χ4n) is 3.21. The fraction of sp³-hybridized carbons (Fsp3) is 0.417.